The van der Waals surface area contributed by atoms with Gasteiger partial charge in [0, 0.05) is 10.9 Å². The van der Waals surface area contributed by atoms with E-state index in [1.54, 1.807) is 0 Å². The molecule has 0 radical (unpaired) electrons. The molecule has 0 aromatic heterocycles. The number of halogens is 1. The summed E-state index contributed by atoms with van der Waals surface area (Å²) in [6, 6.07) is 5.98. The quantitative estimate of drug-likeness (QED) is 0.469. The van der Waals surface area contributed by atoms with E-state index in [1.807, 2.05) is 12.1 Å². The highest BCUT2D eigenvalue weighted by atomic mass is 79.9. The maximum Gasteiger partial charge on any atom is 0.127 e. The third-order valence-corrected chi connectivity index (χ3v) is 3.10. The van der Waals surface area contributed by atoms with Gasteiger partial charge in [0.1, 0.15) is 19.6 Å². The van der Waals surface area contributed by atoms with E-state index in [1.165, 1.54) is 17.6 Å². The van der Waals surface area contributed by atoms with Crippen molar-refractivity contribution in [1.82, 2.24) is 0 Å². The Morgan fingerprint density at radius 1 is 1.87 bits per heavy atom. The monoisotopic (exact) mass is 289 g/mol. The van der Waals surface area contributed by atoms with Crippen LogP contribution in [0, 0.1) is 0 Å². The number of rotatable bonds is 5. The van der Waals surface area contributed by atoms with E-state index >= 15 is 0 Å². The molecule has 2 nitrogen and oxygen atoms in total. The Labute approximate surface area is 106 Å². The van der Waals surface area contributed by atoms with Crippen molar-refractivity contribution in [1.29, 1.82) is 2.67 Å². The summed E-state index contributed by atoms with van der Waals surface area (Å²) in [5.74, 6) is 0.922. The van der Waals surface area contributed by atoms with Gasteiger partial charge in [0.2, 0.25) is 0 Å². The molecule has 1 unspecified atom stereocenters. The number of fused-ring (bicyclic) bond motifs is 1. The average Bonchev–Trinajstić information content (AvgIpc) is 2.66. The van der Waals surface area contributed by atoms with Crippen molar-refractivity contribution >= 4 is 35.7 Å². The first-order valence-corrected chi connectivity index (χ1v) is 6.39. The largest absolute Gasteiger partial charge is 0.487 e. The van der Waals surface area contributed by atoms with Gasteiger partial charge in [-0.05, 0) is 44.1 Å². The highest BCUT2D eigenvalue weighted by molar-refractivity contribution is 9.10. The Bertz CT molecular complexity index is 395. The topological polar surface area (TPSA) is 18.5 Å². The first kappa shape index (κ1) is 8.96. The van der Waals surface area contributed by atoms with Crippen LogP contribution >= 0.6 is 28.0 Å². The molecular weight excluding hydrogens is 275 g/mol. The molecule has 0 amide bonds. The Morgan fingerprint density at radius 2 is 2.80 bits per heavy atom. The summed E-state index contributed by atoms with van der Waals surface area (Å²) in [4.78, 5) is 0. The highest BCUT2D eigenvalue weighted by Gasteiger charge is 2.22. The van der Waals surface area contributed by atoms with Crippen molar-refractivity contribution in [3.05, 3.63) is 28.2 Å². The zero-order valence-electron chi connectivity index (χ0n) is 10.1. The van der Waals surface area contributed by atoms with Crippen LogP contribution in [0.4, 0.5) is 0 Å². The normalized spacial score (nSPS) is 20.2. The van der Waals surface area contributed by atoms with Gasteiger partial charge >= 0.3 is 0 Å². The van der Waals surface area contributed by atoms with E-state index in [9.17, 15) is 0 Å². The van der Waals surface area contributed by atoms with E-state index in [4.69, 9.17) is 11.6 Å². The minimum absolute atomic E-state index is 0.0433. The fourth-order valence-electron chi connectivity index (χ4n) is 1.55. The van der Waals surface area contributed by atoms with Crippen LogP contribution in [0.5, 0.6) is 5.75 Å². The first-order valence-electron chi connectivity index (χ1n) is 5.84. The summed E-state index contributed by atoms with van der Waals surface area (Å²) in [7, 11) is -0.836. The predicted molar refractivity (Wildman–Crippen MR) is 69.2 cm³/mol. The zero-order valence-corrected chi connectivity index (χ0v) is 10.5. The predicted octanol–water partition coefficient (Wildman–Crippen LogP) is 2.01. The van der Waals surface area contributed by atoms with E-state index in [2.05, 4.69) is 22.0 Å². The number of hydrogen-bond donors (Lipinski definition) is 0. The van der Waals surface area contributed by atoms with Gasteiger partial charge in [0.15, 0.2) is 0 Å². The number of benzene rings is 1. The molecule has 0 bridgehead atoms. The van der Waals surface area contributed by atoms with Crippen LogP contribution in [-0.4, -0.2) is 28.8 Å². The molecule has 1 aromatic rings. The van der Waals surface area contributed by atoms with Crippen LogP contribution in [-0.2, 0) is 10.6 Å². The lowest BCUT2D eigenvalue weighted by atomic mass is 10.1. The third kappa shape index (κ3) is 2.92. The van der Waals surface area contributed by atoms with Crippen molar-refractivity contribution in [2.75, 3.05) is 12.3 Å². The standard InChI is InChI=1S/C10H12BBrO2S/c11-6-15-13-5-9-4-7-3-8(12)1-2-10(7)14-9/h1-3,9H,4-6,11H2/i11TD. The molecular formula is C10H12BBrO2S. The van der Waals surface area contributed by atoms with E-state index in [0.717, 1.165) is 16.6 Å². The van der Waals surface area contributed by atoms with Gasteiger partial charge in [-0.1, -0.05) is 15.9 Å². The lowest BCUT2D eigenvalue weighted by molar-refractivity contribution is 0.164. The molecule has 1 atom stereocenters. The Morgan fingerprint density at radius 3 is 3.67 bits per heavy atom. The maximum absolute atomic E-state index is 7.02. The second-order valence-corrected chi connectivity index (χ2v) is 4.99. The molecule has 0 saturated heterocycles. The summed E-state index contributed by atoms with van der Waals surface area (Å²) < 4.78 is 26.2. The lowest BCUT2D eigenvalue weighted by Crippen LogP contribution is -2.18. The number of ether oxygens (including phenoxy) is 1. The van der Waals surface area contributed by atoms with E-state index in [0.29, 0.717) is 12.3 Å². The fraction of sp³-hybridized carbons (Fsp3) is 0.400. The Kier molecular flexibility index (Phi) is 3.15. The fourth-order valence-corrected chi connectivity index (χ4v) is 2.31. The smallest absolute Gasteiger partial charge is 0.127 e. The second kappa shape index (κ2) is 5.28. The van der Waals surface area contributed by atoms with Gasteiger partial charge in [-0.15, -0.1) is 0 Å². The van der Waals surface area contributed by atoms with Crippen LogP contribution in [0.2, 0.25) is 0 Å². The van der Waals surface area contributed by atoms with Crippen molar-refractivity contribution in [3.63, 3.8) is 0 Å². The van der Waals surface area contributed by atoms with Crippen molar-refractivity contribution in [2.45, 2.75) is 12.5 Å². The SMILES string of the molecule is [2H]B([3H])CSOCC1Cc2cc(Br)ccc2O1. The maximum atomic E-state index is 7.02. The van der Waals surface area contributed by atoms with Crippen molar-refractivity contribution < 1.29 is 8.92 Å². The summed E-state index contributed by atoms with van der Waals surface area (Å²) in [6.45, 7) is 0.490. The molecule has 0 spiro atoms. The minimum atomic E-state index is -0.836. The van der Waals surface area contributed by atoms with Gasteiger partial charge in [0.05, 0.1) is 6.61 Å². The summed E-state index contributed by atoms with van der Waals surface area (Å²) >= 11 is 4.60. The van der Waals surface area contributed by atoms with Gasteiger partial charge < -0.3 is 8.92 Å². The molecule has 0 N–H and O–H groups in total. The summed E-state index contributed by atoms with van der Waals surface area (Å²) in [5.41, 5.74) is 1.56. The Hall–Kier alpha value is -0.125. The van der Waals surface area contributed by atoms with Gasteiger partial charge in [-0.2, -0.15) is 0 Å². The van der Waals surface area contributed by atoms with Gasteiger partial charge in [0.25, 0.3) is 0 Å². The second-order valence-electron chi connectivity index (χ2n) is 3.27. The minimum Gasteiger partial charge on any atom is -0.487 e. The molecule has 1 heterocycles. The molecule has 80 valence electrons. The van der Waals surface area contributed by atoms with Crippen LogP contribution in [0.3, 0.4) is 0 Å². The van der Waals surface area contributed by atoms with Crippen LogP contribution in [0.1, 0.15) is 5.56 Å². The third-order valence-electron chi connectivity index (χ3n) is 2.17. The average molecular weight is 290 g/mol. The van der Waals surface area contributed by atoms with Crippen LogP contribution in [0.15, 0.2) is 22.7 Å². The van der Waals surface area contributed by atoms with Gasteiger partial charge in [-0.25, -0.2) is 0 Å². The molecule has 0 fully saturated rings. The summed E-state index contributed by atoms with van der Waals surface area (Å²) in [6.07, 6.45) is 0.891. The molecule has 0 saturated carbocycles. The lowest BCUT2D eigenvalue weighted by Gasteiger charge is -2.09. The molecule has 15 heavy (non-hydrogen) atoms. The molecule has 0 aliphatic carbocycles. The van der Waals surface area contributed by atoms with Crippen LogP contribution in [0.25, 0.3) is 0 Å². The number of hydrogen-bond acceptors (Lipinski definition) is 3. The van der Waals surface area contributed by atoms with Gasteiger partial charge in [-0.3, -0.25) is 0 Å². The van der Waals surface area contributed by atoms with E-state index in [-0.39, 0.29) is 6.10 Å². The molecule has 5 heteroatoms. The molecule has 1 aliphatic heterocycles. The molecule has 2 rings (SSSR count). The zero-order chi connectivity index (χ0) is 12.3. The van der Waals surface area contributed by atoms with Crippen LogP contribution < -0.4 is 4.74 Å². The summed E-state index contributed by atoms with van der Waals surface area (Å²) in [5, 5.41) is 0. The van der Waals surface area contributed by atoms with E-state index < -0.39 is 7.77 Å². The molecule has 1 aliphatic rings. The van der Waals surface area contributed by atoms with Crippen molar-refractivity contribution in [3.8, 4) is 5.75 Å². The first-order chi connectivity index (χ1) is 8.15. The Balaban J connectivity index is 1.76. The molecule has 1 aromatic carbocycles. The highest BCUT2D eigenvalue weighted by Crippen LogP contribution is 2.31. The van der Waals surface area contributed by atoms with Crippen molar-refractivity contribution in [2.24, 2.45) is 0 Å².